The minimum absolute atomic E-state index is 0.0376. The number of primary amides is 1. The zero-order valence-corrected chi connectivity index (χ0v) is 21.7. The summed E-state index contributed by atoms with van der Waals surface area (Å²) in [6.07, 6.45) is -1.08. The Morgan fingerprint density at radius 1 is 0.800 bits per heavy atom. The standard InChI is InChI=1S/C24H36N8O8/c25-14(8-9-18(26)33)20(36)30-15(7-4-10-29-24(27)28)21(37)31-16(12-19(34)35)22(38)32-17(23(39)40)11-13-5-2-1-3-6-13/h1-3,5-6,14-17H,4,7-12,25H2,(H2,26,33)(H,30,36)(H,31,37)(H,32,38)(H,34,35)(H,39,40)(H4,27,28,29). The van der Waals surface area contributed by atoms with Crippen molar-refractivity contribution in [1.29, 1.82) is 0 Å². The third-order valence-corrected chi connectivity index (χ3v) is 5.53. The molecular weight excluding hydrogens is 528 g/mol. The number of guanidine groups is 1. The molecule has 13 N–H and O–H groups in total. The second kappa shape index (κ2) is 17.0. The molecule has 0 radical (unpaired) electrons. The van der Waals surface area contributed by atoms with Crippen molar-refractivity contribution in [2.45, 2.75) is 62.7 Å². The summed E-state index contributed by atoms with van der Waals surface area (Å²) >= 11 is 0. The van der Waals surface area contributed by atoms with Gasteiger partial charge in [-0.25, -0.2) is 4.79 Å². The van der Waals surface area contributed by atoms with Crippen molar-refractivity contribution in [3.05, 3.63) is 35.9 Å². The number of aliphatic imine (C=N–C) groups is 1. The Bertz CT molecular complexity index is 1080. The first-order valence-electron chi connectivity index (χ1n) is 12.3. The number of nitrogens with one attached hydrogen (secondary N) is 3. The number of rotatable bonds is 18. The second-order valence-corrected chi connectivity index (χ2v) is 8.87. The first kappa shape index (κ1) is 33.3. The van der Waals surface area contributed by atoms with Crippen LogP contribution in [0.5, 0.6) is 0 Å². The van der Waals surface area contributed by atoms with Gasteiger partial charge in [-0.15, -0.1) is 0 Å². The second-order valence-electron chi connectivity index (χ2n) is 8.87. The predicted molar refractivity (Wildman–Crippen MR) is 142 cm³/mol. The quantitative estimate of drug-likeness (QED) is 0.0488. The van der Waals surface area contributed by atoms with Crippen LogP contribution in [0.1, 0.15) is 37.7 Å². The van der Waals surface area contributed by atoms with Gasteiger partial charge in [0.05, 0.1) is 12.5 Å². The van der Waals surface area contributed by atoms with Gasteiger partial charge in [0.25, 0.3) is 0 Å². The lowest BCUT2D eigenvalue weighted by atomic mass is 10.0. The molecule has 0 aliphatic rings. The summed E-state index contributed by atoms with van der Waals surface area (Å²) in [7, 11) is 0. The summed E-state index contributed by atoms with van der Waals surface area (Å²) in [5, 5.41) is 25.8. The molecule has 4 atom stereocenters. The van der Waals surface area contributed by atoms with Gasteiger partial charge in [0.2, 0.25) is 23.6 Å². The Balaban J connectivity index is 3.04. The number of hydrogen-bond acceptors (Lipinski definition) is 8. The van der Waals surface area contributed by atoms with E-state index in [4.69, 9.17) is 22.9 Å². The number of amides is 4. The van der Waals surface area contributed by atoms with Crippen LogP contribution >= 0.6 is 0 Å². The molecule has 4 unspecified atom stereocenters. The van der Waals surface area contributed by atoms with E-state index in [0.29, 0.717) is 5.56 Å². The van der Waals surface area contributed by atoms with Gasteiger partial charge in [-0.2, -0.15) is 0 Å². The molecule has 1 rings (SSSR count). The number of carboxylic acids is 2. The van der Waals surface area contributed by atoms with E-state index in [2.05, 4.69) is 20.9 Å². The van der Waals surface area contributed by atoms with Crippen molar-refractivity contribution >= 4 is 41.5 Å². The largest absolute Gasteiger partial charge is 0.481 e. The van der Waals surface area contributed by atoms with Crippen LogP contribution < -0.4 is 38.9 Å². The molecule has 0 bridgehead atoms. The van der Waals surface area contributed by atoms with E-state index in [1.807, 2.05) is 0 Å². The predicted octanol–water partition coefficient (Wildman–Crippen LogP) is -3.11. The van der Waals surface area contributed by atoms with Crippen molar-refractivity contribution in [2.24, 2.45) is 27.9 Å². The summed E-state index contributed by atoms with van der Waals surface area (Å²) < 4.78 is 0. The van der Waals surface area contributed by atoms with Gasteiger partial charge in [-0.05, 0) is 24.8 Å². The van der Waals surface area contributed by atoms with Crippen LogP contribution in [0.3, 0.4) is 0 Å². The highest BCUT2D eigenvalue weighted by Gasteiger charge is 2.31. The van der Waals surface area contributed by atoms with Crippen LogP contribution in [0, 0.1) is 0 Å². The monoisotopic (exact) mass is 564 g/mol. The molecule has 0 heterocycles. The average molecular weight is 565 g/mol. The van der Waals surface area contributed by atoms with E-state index in [9.17, 15) is 39.0 Å². The Morgan fingerprint density at radius 2 is 1.38 bits per heavy atom. The van der Waals surface area contributed by atoms with E-state index < -0.39 is 66.2 Å². The Hall–Kier alpha value is -4.73. The smallest absolute Gasteiger partial charge is 0.326 e. The Kier molecular flexibility index (Phi) is 14.1. The van der Waals surface area contributed by atoms with Gasteiger partial charge in [0.15, 0.2) is 5.96 Å². The first-order chi connectivity index (χ1) is 18.8. The zero-order valence-electron chi connectivity index (χ0n) is 21.7. The molecular formula is C24H36N8O8. The van der Waals surface area contributed by atoms with Crippen LogP contribution in [-0.4, -0.2) is 82.5 Å². The molecule has 0 aliphatic carbocycles. The number of nitrogens with two attached hydrogens (primary N) is 4. The molecule has 16 heteroatoms. The highest BCUT2D eigenvalue weighted by atomic mass is 16.4. The number of hydrogen-bond donors (Lipinski definition) is 9. The molecule has 220 valence electrons. The summed E-state index contributed by atoms with van der Waals surface area (Å²) in [6, 6.07) is 2.83. The lowest BCUT2D eigenvalue weighted by molar-refractivity contribution is -0.143. The lowest BCUT2D eigenvalue weighted by Gasteiger charge is -2.24. The zero-order chi connectivity index (χ0) is 30.2. The Morgan fingerprint density at radius 3 is 1.93 bits per heavy atom. The topological polar surface area (TPSA) is 295 Å². The van der Waals surface area contributed by atoms with Gasteiger partial charge < -0.3 is 49.1 Å². The van der Waals surface area contributed by atoms with E-state index in [1.54, 1.807) is 30.3 Å². The van der Waals surface area contributed by atoms with Crippen molar-refractivity contribution in [3.8, 4) is 0 Å². The number of carbonyl (C=O) groups excluding carboxylic acids is 4. The van der Waals surface area contributed by atoms with Crippen molar-refractivity contribution in [2.75, 3.05) is 6.54 Å². The molecule has 0 spiro atoms. The van der Waals surface area contributed by atoms with Gasteiger partial charge >= 0.3 is 11.9 Å². The van der Waals surface area contributed by atoms with Crippen LogP contribution in [0.2, 0.25) is 0 Å². The molecule has 1 aromatic carbocycles. The normalized spacial score (nSPS) is 13.5. The number of carbonyl (C=O) groups is 6. The number of nitrogens with zero attached hydrogens (tertiary/aromatic N) is 1. The van der Waals surface area contributed by atoms with Gasteiger partial charge in [0.1, 0.15) is 18.1 Å². The maximum atomic E-state index is 13.1. The molecule has 0 saturated heterocycles. The van der Waals surface area contributed by atoms with E-state index in [1.165, 1.54) is 0 Å². The number of aliphatic carboxylic acids is 2. The number of carboxylic acid groups (broad SMARTS) is 2. The first-order valence-corrected chi connectivity index (χ1v) is 12.3. The highest BCUT2D eigenvalue weighted by molar-refractivity contribution is 5.95. The molecule has 0 aromatic heterocycles. The lowest BCUT2D eigenvalue weighted by Crippen LogP contribution is -2.57. The Labute approximate surface area is 229 Å². The third-order valence-electron chi connectivity index (χ3n) is 5.53. The molecule has 1 aromatic rings. The summed E-state index contributed by atoms with van der Waals surface area (Å²) in [4.78, 5) is 76.5. The van der Waals surface area contributed by atoms with Crippen LogP contribution in [0.4, 0.5) is 0 Å². The molecule has 4 amide bonds. The fourth-order valence-electron chi connectivity index (χ4n) is 3.46. The van der Waals surface area contributed by atoms with Crippen molar-refractivity contribution in [3.63, 3.8) is 0 Å². The highest BCUT2D eigenvalue weighted by Crippen LogP contribution is 2.07. The van der Waals surface area contributed by atoms with Crippen LogP contribution in [0.15, 0.2) is 35.3 Å². The maximum Gasteiger partial charge on any atom is 0.326 e. The SMILES string of the molecule is NC(=O)CCC(N)C(=O)NC(CCCN=C(N)N)C(=O)NC(CC(=O)O)C(=O)NC(Cc1ccccc1)C(=O)O. The van der Waals surface area contributed by atoms with Gasteiger partial charge in [0, 0.05) is 19.4 Å². The molecule has 0 saturated carbocycles. The third kappa shape index (κ3) is 13.2. The molecule has 16 nitrogen and oxygen atoms in total. The summed E-state index contributed by atoms with van der Waals surface area (Å²) in [5.41, 5.74) is 22.0. The molecule has 40 heavy (non-hydrogen) atoms. The van der Waals surface area contributed by atoms with E-state index >= 15 is 0 Å². The van der Waals surface area contributed by atoms with Crippen LogP contribution in [0.25, 0.3) is 0 Å². The minimum Gasteiger partial charge on any atom is -0.481 e. The van der Waals surface area contributed by atoms with E-state index in [-0.39, 0.29) is 44.6 Å². The van der Waals surface area contributed by atoms with Crippen molar-refractivity contribution < 1.29 is 39.0 Å². The summed E-state index contributed by atoms with van der Waals surface area (Å²) in [6.45, 7) is 0.0918. The fraction of sp³-hybridized carbons (Fsp3) is 0.458. The van der Waals surface area contributed by atoms with Gasteiger partial charge in [-0.1, -0.05) is 30.3 Å². The van der Waals surface area contributed by atoms with Crippen LogP contribution in [-0.2, 0) is 35.2 Å². The summed E-state index contributed by atoms with van der Waals surface area (Å²) in [5.74, 6) is -6.47. The van der Waals surface area contributed by atoms with Crippen molar-refractivity contribution in [1.82, 2.24) is 16.0 Å². The average Bonchev–Trinajstić information content (AvgIpc) is 2.87. The minimum atomic E-state index is -1.68. The fourth-order valence-corrected chi connectivity index (χ4v) is 3.46. The van der Waals surface area contributed by atoms with Gasteiger partial charge in [-0.3, -0.25) is 29.0 Å². The van der Waals surface area contributed by atoms with E-state index in [0.717, 1.165) is 0 Å². The maximum absolute atomic E-state index is 13.1. The molecule has 0 aliphatic heterocycles. The molecule has 0 fully saturated rings. The number of benzene rings is 1.